The minimum atomic E-state index is 0.764. The van der Waals surface area contributed by atoms with Crippen LogP contribution in [0.2, 0.25) is 0 Å². The molecule has 2 nitrogen and oxygen atoms in total. The molecule has 14 heavy (non-hydrogen) atoms. The minimum Gasteiger partial charge on any atom is -0.267 e. The van der Waals surface area contributed by atoms with Crippen molar-refractivity contribution in [2.75, 3.05) is 6.54 Å². The number of rotatable bonds is 2. The van der Waals surface area contributed by atoms with Crippen molar-refractivity contribution in [2.24, 2.45) is 9.98 Å². The molecule has 0 radical (unpaired) electrons. The van der Waals surface area contributed by atoms with Crippen LogP contribution < -0.4 is 0 Å². The second-order valence-corrected chi connectivity index (χ2v) is 3.05. The van der Waals surface area contributed by atoms with Crippen molar-refractivity contribution in [3.8, 4) is 0 Å². The zero-order valence-electron chi connectivity index (χ0n) is 8.99. The molecule has 0 aliphatic rings. The summed E-state index contributed by atoms with van der Waals surface area (Å²) in [7, 11) is 0. The van der Waals surface area contributed by atoms with E-state index < -0.39 is 0 Å². The molecule has 1 rings (SSSR count). The highest BCUT2D eigenvalue weighted by atomic mass is 14.9. The maximum atomic E-state index is 4.33. The smallest absolute Gasteiger partial charge is 0.154 e. The Labute approximate surface area is 85.4 Å². The predicted octanol–water partition coefficient (Wildman–Crippen LogP) is 2.85. The van der Waals surface area contributed by atoms with E-state index in [9.17, 15) is 0 Å². The van der Waals surface area contributed by atoms with Gasteiger partial charge in [0.05, 0.1) is 0 Å². The minimum absolute atomic E-state index is 0.764. The molecule has 0 saturated carbocycles. The lowest BCUT2D eigenvalue weighted by Gasteiger charge is -2.00. The van der Waals surface area contributed by atoms with Crippen molar-refractivity contribution in [3.63, 3.8) is 0 Å². The lowest BCUT2D eigenvalue weighted by Crippen LogP contribution is -1.98. The summed E-state index contributed by atoms with van der Waals surface area (Å²) in [4.78, 5) is 8.57. The van der Waals surface area contributed by atoms with Gasteiger partial charge in [-0.05, 0) is 20.8 Å². The second kappa shape index (κ2) is 5.32. The van der Waals surface area contributed by atoms with Crippen LogP contribution in [-0.2, 0) is 0 Å². The number of hydrogen-bond acceptors (Lipinski definition) is 1. The lowest BCUT2D eigenvalue weighted by molar-refractivity contribution is 1.12. The molecular weight excluding hydrogens is 172 g/mol. The molecule has 0 amide bonds. The van der Waals surface area contributed by atoms with Gasteiger partial charge in [-0.15, -0.1) is 0 Å². The van der Waals surface area contributed by atoms with Gasteiger partial charge in [0.15, 0.2) is 5.84 Å². The maximum Gasteiger partial charge on any atom is 0.154 e. The predicted molar refractivity (Wildman–Crippen MR) is 62.4 cm³/mol. The Morgan fingerprint density at radius 1 is 1.29 bits per heavy atom. The fourth-order valence-electron chi connectivity index (χ4n) is 1.18. The van der Waals surface area contributed by atoms with E-state index >= 15 is 0 Å². The van der Waals surface area contributed by atoms with Crippen molar-refractivity contribution in [2.45, 2.75) is 20.8 Å². The van der Waals surface area contributed by atoms with Crippen LogP contribution >= 0.6 is 0 Å². The van der Waals surface area contributed by atoms with E-state index in [-0.39, 0.29) is 0 Å². The van der Waals surface area contributed by atoms with Gasteiger partial charge in [-0.2, -0.15) is 0 Å². The Morgan fingerprint density at radius 2 is 1.93 bits per heavy atom. The molecule has 74 valence electrons. The molecule has 0 aliphatic heterocycles. The molecule has 0 aliphatic carbocycles. The lowest BCUT2D eigenvalue weighted by atomic mass is 10.1. The number of benzene rings is 1. The van der Waals surface area contributed by atoms with E-state index in [1.807, 2.05) is 13.8 Å². The van der Waals surface area contributed by atoms with Crippen LogP contribution in [0.4, 0.5) is 0 Å². The third-order valence-corrected chi connectivity index (χ3v) is 1.87. The molecule has 0 aromatic heterocycles. The second-order valence-electron chi connectivity index (χ2n) is 3.05. The molecule has 0 fully saturated rings. The number of aliphatic imine (C=N–C) groups is 2. The summed E-state index contributed by atoms with van der Waals surface area (Å²) in [6, 6.07) is 8.25. The number of amidine groups is 1. The summed E-state index contributed by atoms with van der Waals surface area (Å²) in [6.07, 6.45) is 1.77. The van der Waals surface area contributed by atoms with Crippen molar-refractivity contribution in [1.82, 2.24) is 0 Å². The summed E-state index contributed by atoms with van der Waals surface area (Å²) < 4.78 is 0. The van der Waals surface area contributed by atoms with Gasteiger partial charge in [-0.3, -0.25) is 4.99 Å². The largest absolute Gasteiger partial charge is 0.267 e. The maximum absolute atomic E-state index is 4.33. The van der Waals surface area contributed by atoms with E-state index in [1.165, 1.54) is 5.56 Å². The monoisotopic (exact) mass is 188 g/mol. The molecule has 0 N–H and O–H groups in total. The van der Waals surface area contributed by atoms with Gasteiger partial charge >= 0.3 is 0 Å². The molecule has 0 unspecified atom stereocenters. The molecule has 1 aromatic carbocycles. The summed E-state index contributed by atoms with van der Waals surface area (Å²) in [5.41, 5.74) is 2.33. The van der Waals surface area contributed by atoms with E-state index in [1.54, 1.807) is 6.21 Å². The van der Waals surface area contributed by atoms with Crippen molar-refractivity contribution < 1.29 is 0 Å². The molecule has 0 atom stereocenters. The average Bonchev–Trinajstić information content (AvgIpc) is 2.19. The van der Waals surface area contributed by atoms with Crippen LogP contribution in [0.5, 0.6) is 0 Å². The quantitative estimate of drug-likeness (QED) is 0.503. The first-order valence-electron chi connectivity index (χ1n) is 4.88. The Balaban J connectivity index is 3.00. The fraction of sp³-hybridized carbons (Fsp3) is 0.333. The standard InChI is InChI=1S/C12H16N2/c1-4-13-12(14-5-2)11-8-6-10(3)7-9-11/h4,6-9H,5H2,1-3H3. The van der Waals surface area contributed by atoms with E-state index in [0.29, 0.717) is 0 Å². The summed E-state index contributed by atoms with van der Waals surface area (Å²) in [5.74, 6) is 0.815. The van der Waals surface area contributed by atoms with E-state index in [0.717, 1.165) is 17.9 Å². The van der Waals surface area contributed by atoms with Crippen molar-refractivity contribution in [1.29, 1.82) is 0 Å². The van der Waals surface area contributed by atoms with Crippen LogP contribution in [0, 0.1) is 6.92 Å². The highest BCUT2D eigenvalue weighted by molar-refractivity contribution is 6.02. The Bertz CT molecular complexity index is 334. The topological polar surface area (TPSA) is 24.7 Å². The first-order valence-corrected chi connectivity index (χ1v) is 4.88. The van der Waals surface area contributed by atoms with Gasteiger partial charge in [0, 0.05) is 18.3 Å². The number of nitrogens with zero attached hydrogens (tertiary/aromatic N) is 2. The molecule has 1 aromatic rings. The zero-order chi connectivity index (χ0) is 10.4. The van der Waals surface area contributed by atoms with Crippen molar-refractivity contribution >= 4 is 12.1 Å². The van der Waals surface area contributed by atoms with Crippen LogP contribution in [0.1, 0.15) is 25.0 Å². The van der Waals surface area contributed by atoms with E-state index in [2.05, 4.69) is 41.2 Å². The van der Waals surface area contributed by atoms with Gasteiger partial charge in [0.25, 0.3) is 0 Å². The highest BCUT2D eigenvalue weighted by Gasteiger charge is 1.98. The molecule has 0 saturated heterocycles. The van der Waals surface area contributed by atoms with Crippen LogP contribution in [0.15, 0.2) is 34.3 Å². The summed E-state index contributed by atoms with van der Waals surface area (Å²) in [5, 5.41) is 0. The molecular formula is C12H16N2. The van der Waals surface area contributed by atoms with Gasteiger partial charge in [0.2, 0.25) is 0 Å². The highest BCUT2D eigenvalue weighted by Crippen LogP contribution is 2.05. The van der Waals surface area contributed by atoms with Gasteiger partial charge in [-0.25, -0.2) is 4.99 Å². The first-order chi connectivity index (χ1) is 6.77. The third-order valence-electron chi connectivity index (χ3n) is 1.87. The fourth-order valence-corrected chi connectivity index (χ4v) is 1.18. The van der Waals surface area contributed by atoms with Crippen LogP contribution in [-0.4, -0.2) is 18.6 Å². The van der Waals surface area contributed by atoms with Crippen molar-refractivity contribution in [3.05, 3.63) is 35.4 Å². The summed E-state index contributed by atoms with van der Waals surface area (Å²) in [6.45, 7) is 6.75. The van der Waals surface area contributed by atoms with Crippen LogP contribution in [0.25, 0.3) is 0 Å². The van der Waals surface area contributed by atoms with Crippen LogP contribution in [0.3, 0.4) is 0 Å². The Hall–Kier alpha value is -1.44. The third kappa shape index (κ3) is 2.80. The van der Waals surface area contributed by atoms with Gasteiger partial charge in [-0.1, -0.05) is 29.8 Å². The van der Waals surface area contributed by atoms with Gasteiger partial charge < -0.3 is 0 Å². The SMILES string of the molecule is CC=NC(=NCC)c1ccc(C)cc1. The Kier molecular flexibility index (Phi) is 4.05. The van der Waals surface area contributed by atoms with Gasteiger partial charge in [0.1, 0.15) is 0 Å². The first kappa shape index (κ1) is 10.6. The van der Waals surface area contributed by atoms with E-state index in [4.69, 9.17) is 0 Å². The zero-order valence-corrected chi connectivity index (χ0v) is 8.99. The average molecular weight is 188 g/mol. The summed E-state index contributed by atoms with van der Waals surface area (Å²) >= 11 is 0. The normalized spacial score (nSPS) is 12.4. The Morgan fingerprint density at radius 3 is 2.43 bits per heavy atom. The molecule has 0 spiro atoms. The molecule has 2 heteroatoms. The molecule has 0 bridgehead atoms. The molecule has 0 heterocycles. The number of aryl methyl sites for hydroxylation is 1. The number of hydrogen-bond donors (Lipinski definition) is 0.